The first kappa shape index (κ1) is 18.1. The number of pyridine rings is 1. The van der Waals surface area contributed by atoms with Crippen LogP contribution in [0.1, 0.15) is 29.9 Å². The highest BCUT2D eigenvalue weighted by atomic mass is 35.5. The molecule has 2 aromatic carbocycles. The Morgan fingerprint density at radius 1 is 0.926 bits per heavy atom. The fourth-order valence-electron chi connectivity index (χ4n) is 3.79. The van der Waals surface area contributed by atoms with Crippen molar-refractivity contribution < 1.29 is 4.39 Å². The molecule has 0 radical (unpaired) electrons. The molecule has 138 valence electrons. The summed E-state index contributed by atoms with van der Waals surface area (Å²) in [6.45, 7) is 3.05. The number of hydrogen-bond acceptors (Lipinski definition) is 2. The molecule has 27 heavy (non-hydrogen) atoms. The average Bonchev–Trinajstić information content (AvgIpc) is 2.70. The Morgan fingerprint density at radius 2 is 1.63 bits per heavy atom. The molecule has 0 N–H and O–H groups in total. The van der Waals surface area contributed by atoms with E-state index in [4.69, 9.17) is 11.6 Å². The molecule has 0 saturated carbocycles. The average molecular weight is 381 g/mol. The summed E-state index contributed by atoms with van der Waals surface area (Å²) in [6, 6.07) is 17.0. The molecule has 1 saturated heterocycles. The summed E-state index contributed by atoms with van der Waals surface area (Å²) in [5.74, 6) is 0.397. The topological polar surface area (TPSA) is 16.1 Å². The number of piperidine rings is 1. The monoisotopic (exact) mass is 380 g/mol. The summed E-state index contributed by atoms with van der Waals surface area (Å²) in [5.41, 5.74) is 4.61. The van der Waals surface area contributed by atoms with Crippen molar-refractivity contribution >= 4 is 11.6 Å². The van der Waals surface area contributed by atoms with E-state index >= 15 is 0 Å². The molecule has 1 aliphatic heterocycles. The maximum atomic E-state index is 13.1. The standard InChI is InChI=1S/C23H22ClFN2/c24-22-5-1-18(2-6-22)20-9-11-27(12-10-20)16-17-13-21(15-26-14-17)19-3-7-23(25)8-4-19/h1-8,13-15,20H,9-12,16H2. The van der Waals surface area contributed by atoms with Crippen molar-refractivity contribution in [2.75, 3.05) is 13.1 Å². The van der Waals surface area contributed by atoms with Crippen LogP contribution in [0.4, 0.5) is 4.39 Å². The summed E-state index contributed by atoms with van der Waals surface area (Å²) >= 11 is 6.00. The molecule has 2 heterocycles. The van der Waals surface area contributed by atoms with Crippen LogP contribution in [0.3, 0.4) is 0 Å². The van der Waals surface area contributed by atoms with Crippen LogP contribution in [0.2, 0.25) is 5.02 Å². The number of nitrogens with zero attached hydrogens (tertiary/aromatic N) is 2. The molecular weight excluding hydrogens is 359 g/mol. The Kier molecular flexibility index (Phi) is 5.51. The van der Waals surface area contributed by atoms with Gasteiger partial charge in [-0.1, -0.05) is 35.9 Å². The van der Waals surface area contributed by atoms with Crippen LogP contribution in [0.15, 0.2) is 67.0 Å². The minimum Gasteiger partial charge on any atom is -0.299 e. The number of aromatic nitrogens is 1. The van der Waals surface area contributed by atoms with Crippen LogP contribution in [-0.4, -0.2) is 23.0 Å². The molecule has 0 unspecified atom stereocenters. The highest BCUT2D eigenvalue weighted by Crippen LogP contribution is 2.29. The molecule has 1 aliphatic rings. The van der Waals surface area contributed by atoms with Crippen LogP contribution in [0, 0.1) is 5.82 Å². The van der Waals surface area contributed by atoms with Crippen LogP contribution in [0.5, 0.6) is 0 Å². The van der Waals surface area contributed by atoms with Gasteiger partial charge in [0.1, 0.15) is 5.82 Å². The van der Waals surface area contributed by atoms with E-state index in [0.29, 0.717) is 5.92 Å². The second kappa shape index (κ2) is 8.20. The second-order valence-electron chi connectivity index (χ2n) is 7.19. The molecule has 1 aromatic heterocycles. The third-order valence-corrected chi connectivity index (χ3v) is 5.56. The Balaban J connectivity index is 1.38. The van der Waals surface area contributed by atoms with Gasteiger partial charge in [0.2, 0.25) is 0 Å². The quantitative estimate of drug-likeness (QED) is 0.558. The van der Waals surface area contributed by atoms with E-state index in [1.54, 1.807) is 12.1 Å². The molecule has 0 bridgehead atoms. The van der Waals surface area contributed by atoms with Crippen LogP contribution >= 0.6 is 11.6 Å². The molecule has 2 nitrogen and oxygen atoms in total. The van der Waals surface area contributed by atoms with E-state index in [1.807, 2.05) is 24.5 Å². The second-order valence-corrected chi connectivity index (χ2v) is 7.63. The molecule has 0 atom stereocenters. The van der Waals surface area contributed by atoms with Gasteiger partial charge in [-0.2, -0.15) is 0 Å². The zero-order chi connectivity index (χ0) is 18.6. The van der Waals surface area contributed by atoms with Crippen LogP contribution in [-0.2, 0) is 6.54 Å². The lowest BCUT2D eigenvalue weighted by Crippen LogP contribution is -2.32. The van der Waals surface area contributed by atoms with E-state index in [9.17, 15) is 4.39 Å². The van der Waals surface area contributed by atoms with Crippen molar-refractivity contribution in [3.63, 3.8) is 0 Å². The van der Waals surface area contributed by atoms with E-state index in [2.05, 4.69) is 28.1 Å². The van der Waals surface area contributed by atoms with Crippen molar-refractivity contribution in [1.82, 2.24) is 9.88 Å². The highest BCUT2D eigenvalue weighted by molar-refractivity contribution is 6.30. The molecule has 1 fully saturated rings. The number of likely N-dealkylation sites (tertiary alicyclic amines) is 1. The fourth-order valence-corrected chi connectivity index (χ4v) is 3.92. The summed E-state index contributed by atoms with van der Waals surface area (Å²) < 4.78 is 13.1. The lowest BCUT2D eigenvalue weighted by atomic mass is 9.89. The Bertz CT molecular complexity index is 885. The van der Waals surface area contributed by atoms with Gasteiger partial charge in [-0.25, -0.2) is 4.39 Å². The summed E-state index contributed by atoms with van der Waals surface area (Å²) in [4.78, 5) is 6.87. The minimum absolute atomic E-state index is 0.216. The normalized spacial score (nSPS) is 15.8. The van der Waals surface area contributed by atoms with Crippen molar-refractivity contribution in [2.24, 2.45) is 0 Å². The minimum atomic E-state index is -0.216. The van der Waals surface area contributed by atoms with Crippen molar-refractivity contribution in [1.29, 1.82) is 0 Å². The van der Waals surface area contributed by atoms with Crippen molar-refractivity contribution in [2.45, 2.75) is 25.3 Å². The Morgan fingerprint density at radius 3 is 2.33 bits per heavy atom. The molecule has 0 amide bonds. The van der Waals surface area contributed by atoms with E-state index in [1.165, 1.54) is 23.3 Å². The van der Waals surface area contributed by atoms with Gasteiger partial charge in [0.15, 0.2) is 0 Å². The number of hydrogen-bond donors (Lipinski definition) is 0. The van der Waals surface area contributed by atoms with E-state index in [-0.39, 0.29) is 5.82 Å². The highest BCUT2D eigenvalue weighted by Gasteiger charge is 2.20. The molecular formula is C23H22ClFN2. The van der Waals surface area contributed by atoms with Crippen molar-refractivity contribution in [3.8, 4) is 11.1 Å². The number of halogens is 2. The lowest BCUT2D eigenvalue weighted by Gasteiger charge is -2.32. The summed E-state index contributed by atoms with van der Waals surface area (Å²) in [6.07, 6.45) is 6.08. The van der Waals surface area contributed by atoms with Gasteiger partial charge in [-0.05, 0) is 78.9 Å². The molecule has 3 aromatic rings. The van der Waals surface area contributed by atoms with Gasteiger partial charge >= 0.3 is 0 Å². The molecule has 4 heteroatoms. The zero-order valence-electron chi connectivity index (χ0n) is 15.1. The largest absolute Gasteiger partial charge is 0.299 e. The molecule has 4 rings (SSSR count). The fraction of sp³-hybridized carbons (Fsp3) is 0.261. The van der Waals surface area contributed by atoms with Crippen molar-refractivity contribution in [3.05, 3.63) is 89.0 Å². The van der Waals surface area contributed by atoms with Gasteiger partial charge in [0.25, 0.3) is 0 Å². The predicted molar refractivity (Wildman–Crippen MR) is 108 cm³/mol. The zero-order valence-corrected chi connectivity index (χ0v) is 15.9. The van der Waals surface area contributed by atoms with Crippen LogP contribution in [0.25, 0.3) is 11.1 Å². The van der Waals surface area contributed by atoms with Crippen LogP contribution < -0.4 is 0 Å². The first-order valence-electron chi connectivity index (χ1n) is 9.35. The summed E-state index contributed by atoms with van der Waals surface area (Å²) in [5, 5.41) is 0.796. The molecule has 0 aliphatic carbocycles. The molecule has 0 spiro atoms. The Labute approximate surface area is 164 Å². The van der Waals surface area contributed by atoms with E-state index in [0.717, 1.165) is 48.6 Å². The maximum Gasteiger partial charge on any atom is 0.123 e. The predicted octanol–water partition coefficient (Wildman–Crippen LogP) is 5.92. The third kappa shape index (κ3) is 4.55. The number of benzene rings is 2. The van der Waals surface area contributed by atoms with Gasteiger partial charge in [-0.15, -0.1) is 0 Å². The Hall–Kier alpha value is -2.23. The summed E-state index contributed by atoms with van der Waals surface area (Å²) in [7, 11) is 0. The maximum absolute atomic E-state index is 13.1. The van der Waals surface area contributed by atoms with Gasteiger partial charge in [-0.3, -0.25) is 9.88 Å². The van der Waals surface area contributed by atoms with Gasteiger partial charge in [0.05, 0.1) is 0 Å². The first-order chi connectivity index (χ1) is 13.2. The number of rotatable bonds is 4. The SMILES string of the molecule is Fc1ccc(-c2cncc(CN3CCC(c4ccc(Cl)cc4)CC3)c2)cc1. The van der Waals surface area contributed by atoms with Gasteiger partial charge in [0, 0.05) is 29.5 Å². The smallest absolute Gasteiger partial charge is 0.123 e. The van der Waals surface area contributed by atoms with E-state index < -0.39 is 0 Å². The third-order valence-electron chi connectivity index (χ3n) is 5.31. The lowest BCUT2D eigenvalue weighted by molar-refractivity contribution is 0.204. The first-order valence-corrected chi connectivity index (χ1v) is 9.73. The van der Waals surface area contributed by atoms with Gasteiger partial charge < -0.3 is 0 Å².